The fraction of sp³-hybridized carbons (Fsp3) is 0.0909. The van der Waals surface area contributed by atoms with Crippen molar-refractivity contribution in [3.63, 3.8) is 0 Å². The third-order valence-corrected chi connectivity index (χ3v) is 2.01. The molecule has 2 aromatic heterocycles. The summed E-state index contributed by atoms with van der Waals surface area (Å²) in [6, 6.07) is 3.32. The SMILES string of the molecule is N/C(=N\N=C\c1ccc(CO)o1)c1cnccn1. The quantitative estimate of drug-likeness (QED) is 0.457. The molecule has 92 valence electrons. The summed E-state index contributed by atoms with van der Waals surface area (Å²) in [6.45, 7) is -0.154. The molecule has 7 heteroatoms. The maximum absolute atomic E-state index is 8.81. The molecule has 0 radical (unpaired) electrons. The predicted octanol–water partition coefficient (Wildman–Crippen LogP) is 0.301. The monoisotopic (exact) mass is 245 g/mol. The lowest BCUT2D eigenvalue weighted by Crippen LogP contribution is -2.14. The highest BCUT2D eigenvalue weighted by molar-refractivity contribution is 5.95. The van der Waals surface area contributed by atoms with Crippen LogP contribution in [-0.2, 0) is 6.61 Å². The number of aromatic nitrogens is 2. The Hall–Kier alpha value is -2.54. The normalized spacial score (nSPS) is 12.2. The highest BCUT2D eigenvalue weighted by Crippen LogP contribution is 2.05. The smallest absolute Gasteiger partial charge is 0.173 e. The Kier molecular flexibility index (Phi) is 3.77. The predicted molar refractivity (Wildman–Crippen MR) is 65.0 cm³/mol. The van der Waals surface area contributed by atoms with Gasteiger partial charge in [-0.2, -0.15) is 5.10 Å². The average Bonchev–Trinajstić information content (AvgIpc) is 2.87. The van der Waals surface area contributed by atoms with Gasteiger partial charge in [-0.05, 0) is 12.1 Å². The van der Waals surface area contributed by atoms with Crippen molar-refractivity contribution in [2.24, 2.45) is 15.9 Å². The molecule has 0 aromatic carbocycles. The third-order valence-electron chi connectivity index (χ3n) is 2.01. The zero-order valence-corrected chi connectivity index (χ0v) is 9.39. The lowest BCUT2D eigenvalue weighted by molar-refractivity contribution is 0.247. The number of amidine groups is 1. The Morgan fingerprint density at radius 2 is 2.33 bits per heavy atom. The largest absolute Gasteiger partial charge is 0.458 e. The van der Waals surface area contributed by atoms with Gasteiger partial charge in [0.05, 0.1) is 12.4 Å². The van der Waals surface area contributed by atoms with Crippen LogP contribution in [0.2, 0.25) is 0 Å². The van der Waals surface area contributed by atoms with Crippen LogP contribution >= 0.6 is 0 Å². The van der Waals surface area contributed by atoms with E-state index in [1.807, 2.05) is 0 Å². The summed E-state index contributed by atoms with van der Waals surface area (Å²) in [5, 5.41) is 16.3. The van der Waals surface area contributed by atoms with Gasteiger partial charge >= 0.3 is 0 Å². The molecule has 0 saturated carbocycles. The van der Waals surface area contributed by atoms with Gasteiger partial charge in [-0.3, -0.25) is 4.98 Å². The molecule has 3 N–H and O–H groups in total. The molecule has 0 aliphatic rings. The Labute approximate surface area is 103 Å². The van der Waals surface area contributed by atoms with Crippen LogP contribution in [0.15, 0.2) is 45.3 Å². The molecule has 2 aromatic rings. The molecule has 0 unspecified atom stereocenters. The van der Waals surface area contributed by atoms with Crippen LogP contribution in [0.3, 0.4) is 0 Å². The van der Waals surface area contributed by atoms with Crippen molar-refractivity contribution in [2.75, 3.05) is 0 Å². The second-order valence-electron chi connectivity index (χ2n) is 3.28. The van der Waals surface area contributed by atoms with E-state index in [1.165, 1.54) is 18.6 Å². The van der Waals surface area contributed by atoms with Crippen LogP contribution in [0.4, 0.5) is 0 Å². The Balaban J connectivity index is 2.06. The average molecular weight is 245 g/mol. The molecular weight excluding hydrogens is 234 g/mol. The molecular formula is C11H11N5O2. The Morgan fingerprint density at radius 3 is 3.00 bits per heavy atom. The molecule has 0 aliphatic carbocycles. The molecule has 0 atom stereocenters. The molecule has 2 heterocycles. The van der Waals surface area contributed by atoms with E-state index in [0.717, 1.165) is 0 Å². The van der Waals surface area contributed by atoms with E-state index in [2.05, 4.69) is 20.2 Å². The van der Waals surface area contributed by atoms with Gasteiger partial charge in [0.1, 0.15) is 23.8 Å². The van der Waals surface area contributed by atoms with E-state index in [4.69, 9.17) is 15.3 Å². The molecule has 0 aliphatic heterocycles. The van der Waals surface area contributed by atoms with Crippen LogP contribution in [-0.4, -0.2) is 27.1 Å². The van der Waals surface area contributed by atoms with Gasteiger partial charge in [-0.15, -0.1) is 5.10 Å². The van der Waals surface area contributed by atoms with Crippen LogP contribution in [0.1, 0.15) is 17.2 Å². The number of nitrogens with zero attached hydrogens (tertiary/aromatic N) is 4. The first kappa shape index (κ1) is 11.9. The summed E-state index contributed by atoms with van der Waals surface area (Å²) in [7, 11) is 0. The minimum atomic E-state index is -0.154. The van der Waals surface area contributed by atoms with Gasteiger partial charge in [0, 0.05) is 12.4 Å². The fourth-order valence-electron chi connectivity index (χ4n) is 1.18. The van der Waals surface area contributed by atoms with Gasteiger partial charge in [0.15, 0.2) is 5.84 Å². The summed E-state index contributed by atoms with van der Waals surface area (Å²) in [5.41, 5.74) is 6.10. The van der Waals surface area contributed by atoms with Crippen molar-refractivity contribution in [3.8, 4) is 0 Å². The summed E-state index contributed by atoms with van der Waals surface area (Å²) in [6.07, 6.45) is 5.94. The minimum absolute atomic E-state index is 0.154. The summed E-state index contributed by atoms with van der Waals surface area (Å²) >= 11 is 0. The lowest BCUT2D eigenvalue weighted by atomic mass is 10.4. The number of hydrogen-bond donors (Lipinski definition) is 2. The maximum Gasteiger partial charge on any atom is 0.173 e. The second-order valence-corrected chi connectivity index (χ2v) is 3.28. The number of furan rings is 1. The first-order valence-corrected chi connectivity index (χ1v) is 5.12. The Bertz CT molecular complexity index is 562. The van der Waals surface area contributed by atoms with E-state index in [1.54, 1.807) is 18.3 Å². The van der Waals surface area contributed by atoms with Crippen LogP contribution in [0, 0.1) is 0 Å². The van der Waals surface area contributed by atoms with Crippen molar-refractivity contribution < 1.29 is 9.52 Å². The van der Waals surface area contributed by atoms with Crippen molar-refractivity contribution in [3.05, 3.63) is 47.9 Å². The second kappa shape index (κ2) is 5.69. The standard InChI is InChI=1S/C11H11N5O2/c12-11(10-6-13-3-4-14-10)16-15-5-8-1-2-9(7-17)18-8/h1-6,17H,7H2,(H2,12,16)/b15-5+. The van der Waals surface area contributed by atoms with Crippen LogP contribution in [0.5, 0.6) is 0 Å². The zero-order valence-electron chi connectivity index (χ0n) is 9.39. The molecule has 0 amide bonds. The number of hydrogen-bond acceptors (Lipinski definition) is 6. The Morgan fingerprint density at radius 1 is 1.44 bits per heavy atom. The lowest BCUT2D eigenvalue weighted by Gasteiger charge is -1.94. The van der Waals surface area contributed by atoms with E-state index in [9.17, 15) is 0 Å². The number of rotatable bonds is 4. The van der Waals surface area contributed by atoms with E-state index < -0.39 is 0 Å². The van der Waals surface area contributed by atoms with E-state index in [-0.39, 0.29) is 12.4 Å². The van der Waals surface area contributed by atoms with Gasteiger partial charge in [0.25, 0.3) is 0 Å². The number of aliphatic hydroxyl groups excluding tert-OH is 1. The minimum Gasteiger partial charge on any atom is -0.458 e. The fourth-order valence-corrected chi connectivity index (χ4v) is 1.18. The molecule has 0 spiro atoms. The van der Waals surface area contributed by atoms with Gasteiger partial charge in [-0.1, -0.05) is 0 Å². The highest BCUT2D eigenvalue weighted by atomic mass is 16.4. The number of aliphatic hydroxyl groups is 1. The number of nitrogens with two attached hydrogens (primary N) is 1. The van der Waals surface area contributed by atoms with Gasteiger partial charge < -0.3 is 15.3 Å². The van der Waals surface area contributed by atoms with Gasteiger partial charge in [-0.25, -0.2) is 4.98 Å². The van der Waals surface area contributed by atoms with Gasteiger partial charge in [0.2, 0.25) is 0 Å². The first-order valence-electron chi connectivity index (χ1n) is 5.12. The van der Waals surface area contributed by atoms with Crippen molar-refractivity contribution in [1.29, 1.82) is 0 Å². The molecule has 18 heavy (non-hydrogen) atoms. The van der Waals surface area contributed by atoms with E-state index in [0.29, 0.717) is 17.2 Å². The summed E-state index contributed by atoms with van der Waals surface area (Å²) in [5.74, 6) is 1.10. The molecule has 7 nitrogen and oxygen atoms in total. The van der Waals surface area contributed by atoms with Crippen molar-refractivity contribution >= 4 is 12.1 Å². The first-order chi connectivity index (χ1) is 8.79. The van der Waals surface area contributed by atoms with E-state index >= 15 is 0 Å². The third kappa shape index (κ3) is 2.98. The summed E-state index contributed by atoms with van der Waals surface area (Å²) < 4.78 is 5.18. The van der Waals surface area contributed by atoms with Crippen molar-refractivity contribution in [2.45, 2.75) is 6.61 Å². The summed E-state index contributed by atoms with van der Waals surface area (Å²) in [4.78, 5) is 7.84. The molecule has 2 rings (SSSR count). The zero-order chi connectivity index (χ0) is 12.8. The van der Waals surface area contributed by atoms with Crippen molar-refractivity contribution in [1.82, 2.24) is 9.97 Å². The van der Waals surface area contributed by atoms with Crippen LogP contribution in [0.25, 0.3) is 0 Å². The molecule has 0 saturated heterocycles. The highest BCUT2D eigenvalue weighted by Gasteiger charge is 1.99. The maximum atomic E-state index is 8.81. The molecule has 0 fully saturated rings. The topological polar surface area (TPSA) is 110 Å². The van der Waals surface area contributed by atoms with Crippen LogP contribution < -0.4 is 5.73 Å². The molecule has 0 bridgehead atoms.